The van der Waals surface area contributed by atoms with Crippen LogP contribution in [0.4, 0.5) is 5.69 Å². The second-order valence-electron chi connectivity index (χ2n) is 3.98. The van der Waals surface area contributed by atoms with E-state index < -0.39 is 0 Å². The van der Waals surface area contributed by atoms with Crippen molar-refractivity contribution in [3.63, 3.8) is 0 Å². The summed E-state index contributed by atoms with van der Waals surface area (Å²) >= 11 is 21.2. The number of halogens is 4. The van der Waals surface area contributed by atoms with E-state index in [2.05, 4.69) is 21.2 Å². The van der Waals surface area contributed by atoms with Crippen molar-refractivity contribution in [3.8, 4) is 5.75 Å². The molecular formula is C14H11BrCl3NO. The molecule has 2 rings (SSSR count). The minimum atomic E-state index is 0.413. The summed E-state index contributed by atoms with van der Waals surface area (Å²) in [5, 5.41) is 4.53. The van der Waals surface area contributed by atoms with Crippen molar-refractivity contribution in [2.45, 2.75) is 0 Å². The molecule has 0 heterocycles. The predicted molar refractivity (Wildman–Crippen MR) is 89.6 cm³/mol. The van der Waals surface area contributed by atoms with E-state index in [1.807, 2.05) is 24.3 Å². The van der Waals surface area contributed by atoms with E-state index in [0.29, 0.717) is 34.0 Å². The Bertz CT molecular complexity index is 607. The number of benzene rings is 2. The number of hydrogen-bond acceptors (Lipinski definition) is 2. The van der Waals surface area contributed by atoms with Crippen LogP contribution in [0, 0.1) is 0 Å². The van der Waals surface area contributed by atoms with E-state index >= 15 is 0 Å². The zero-order chi connectivity index (χ0) is 14.5. The van der Waals surface area contributed by atoms with Crippen LogP contribution in [0.15, 0.2) is 40.9 Å². The van der Waals surface area contributed by atoms with Crippen LogP contribution in [0.5, 0.6) is 5.75 Å². The van der Waals surface area contributed by atoms with Crippen molar-refractivity contribution < 1.29 is 4.74 Å². The summed E-state index contributed by atoms with van der Waals surface area (Å²) in [5.41, 5.74) is 1.02. The van der Waals surface area contributed by atoms with Gasteiger partial charge in [-0.3, -0.25) is 0 Å². The molecule has 0 saturated heterocycles. The lowest BCUT2D eigenvalue weighted by Gasteiger charge is -2.11. The zero-order valence-electron chi connectivity index (χ0n) is 10.3. The summed E-state index contributed by atoms with van der Waals surface area (Å²) in [4.78, 5) is 0. The van der Waals surface area contributed by atoms with Gasteiger partial charge in [-0.1, -0.05) is 56.8 Å². The molecule has 2 aromatic carbocycles. The van der Waals surface area contributed by atoms with Crippen LogP contribution in [0.25, 0.3) is 0 Å². The molecule has 0 unspecified atom stereocenters. The Morgan fingerprint density at radius 3 is 2.50 bits per heavy atom. The molecule has 0 aliphatic heterocycles. The van der Waals surface area contributed by atoms with Gasteiger partial charge in [-0.15, -0.1) is 0 Å². The Balaban J connectivity index is 1.86. The van der Waals surface area contributed by atoms with Crippen LogP contribution in [0.1, 0.15) is 0 Å². The van der Waals surface area contributed by atoms with Gasteiger partial charge in [0, 0.05) is 22.8 Å². The van der Waals surface area contributed by atoms with Crippen molar-refractivity contribution in [1.29, 1.82) is 0 Å². The SMILES string of the molecule is Clc1cc(Cl)c(OCCNc2cccc(Br)c2)cc1Cl. The third-order valence-electron chi connectivity index (χ3n) is 2.49. The van der Waals surface area contributed by atoms with Crippen molar-refractivity contribution >= 4 is 56.4 Å². The van der Waals surface area contributed by atoms with E-state index in [0.717, 1.165) is 10.2 Å². The molecule has 20 heavy (non-hydrogen) atoms. The topological polar surface area (TPSA) is 21.3 Å². The van der Waals surface area contributed by atoms with Crippen LogP contribution >= 0.6 is 50.7 Å². The van der Waals surface area contributed by atoms with E-state index in [4.69, 9.17) is 39.5 Å². The molecular weight excluding hydrogens is 384 g/mol. The summed E-state index contributed by atoms with van der Waals surface area (Å²) in [6, 6.07) is 11.1. The second-order valence-corrected chi connectivity index (χ2v) is 6.12. The third kappa shape index (κ3) is 4.45. The van der Waals surface area contributed by atoms with Gasteiger partial charge in [0.25, 0.3) is 0 Å². The molecule has 106 valence electrons. The first-order valence-corrected chi connectivity index (χ1v) is 7.76. The van der Waals surface area contributed by atoms with Crippen molar-refractivity contribution in [2.75, 3.05) is 18.5 Å². The number of nitrogens with one attached hydrogen (secondary N) is 1. The van der Waals surface area contributed by atoms with E-state index in [1.165, 1.54) is 0 Å². The molecule has 0 saturated carbocycles. The molecule has 2 aromatic rings. The molecule has 0 aliphatic rings. The fraction of sp³-hybridized carbons (Fsp3) is 0.143. The van der Waals surface area contributed by atoms with E-state index in [1.54, 1.807) is 12.1 Å². The Hall–Kier alpha value is -0.610. The minimum Gasteiger partial charge on any atom is -0.490 e. The lowest BCUT2D eigenvalue weighted by molar-refractivity contribution is 0.333. The highest BCUT2D eigenvalue weighted by Crippen LogP contribution is 2.33. The average Bonchev–Trinajstić information content (AvgIpc) is 2.40. The first kappa shape index (κ1) is 15.8. The quantitative estimate of drug-likeness (QED) is 0.503. The molecule has 2 nitrogen and oxygen atoms in total. The predicted octanol–water partition coefficient (Wildman–Crippen LogP) is 5.90. The molecule has 0 amide bonds. The summed E-state index contributed by atoms with van der Waals surface area (Å²) in [5.74, 6) is 0.525. The maximum Gasteiger partial charge on any atom is 0.139 e. The smallest absolute Gasteiger partial charge is 0.139 e. The van der Waals surface area contributed by atoms with Crippen LogP contribution in [0.3, 0.4) is 0 Å². The Labute approximate surface area is 141 Å². The molecule has 0 aliphatic carbocycles. The Morgan fingerprint density at radius 2 is 1.75 bits per heavy atom. The van der Waals surface area contributed by atoms with Gasteiger partial charge in [0.1, 0.15) is 12.4 Å². The van der Waals surface area contributed by atoms with Gasteiger partial charge in [0.15, 0.2) is 0 Å². The standard InChI is InChI=1S/C14H11BrCl3NO/c15-9-2-1-3-10(6-9)19-4-5-20-14-8-12(17)11(16)7-13(14)18/h1-3,6-8,19H,4-5H2. The van der Waals surface area contributed by atoms with Crippen molar-refractivity contribution in [1.82, 2.24) is 0 Å². The number of hydrogen-bond donors (Lipinski definition) is 1. The normalized spacial score (nSPS) is 10.4. The molecule has 0 radical (unpaired) electrons. The van der Waals surface area contributed by atoms with Crippen LogP contribution in [0.2, 0.25) is 15.1 Å². The maximum atomic E-state index is 6.02. The summed E-state index contributed by atoms with van der Waals surface area (Å²) < 4.78 is 6.60. The second kappa shape index (κ2) is 7.41. The Morgan fingerprint density at radius 1 is 1.00 bits per heavy atom. The third-order valence-corrected chi connectivity index (χ3v) is 4.00. The number of rotatable bonds is 5. The highest BCUT2D eigenvalue weighted by Gasteiger charge is 2.06. The molecule has 0 bridgehead atoms. The number of ether oxygens (including phenoxy) is 1. The van der Waals surface area contributed by atoms with Crippen LogP contribution < -0.4 is 10.1 Å². The fourth-order valence-electron chi connectivity index (χ4n) is 1.57. The molecule has 0 spiro atoms. The first-order chi connectivity index (χ1) is 9.56. The van der Waals surface area contributed by atoms with Gasteiger partial charge < -0.3 is 10.1 Å². The zero-order valence-corrected chi connectivity index (χ0v) is 14.2. The van der Waals surface area contributed by atoms with Gasteiger partial charge in [-0.2, -0.15) is 0 Å². The monoisotopic (exact) mass is 393 g/mol. The van der Waals surface area contributed by atoms with Crippen LogP contribution in [-0.2, 0) is 0 Å². The van der Waals surface area contributed by atoms with Gasteiger partial charge in [0.05, 0.1) is 15.1 Å². The fourth-order valence-corrected chi connectivity index (χ4v) is 2.56. The van der Waals surface area contributed by atoms with Crippen molar-refractivity contribution in [3.05, 3.63) is 55.9 Å². The highest BCUT2D eigenvalue weighted by molar-refractivity contribution is 9.10. The van der Waals surface area contributed by atoms with Gasteiger partial charge >= 0.3 is 0 Å². The molecule has 1 N–H and O–H groups in total. The maximum absolute atomic E-state index is 6.02. The van der Waals surface area contributed by atoms with Crippen molar-refractivity contribution in [2.24, 2.45) is 0 Å². The molecule has 0 atom stereocenters. The lowest BCUT2D eigenvalue weighted by atomic mass is 10.3. The van der Waals surface area contributed by atoms with Crippen LogP contribution in [-0.4, -0.2) is 13.2 Å². The first-order valence-electron chi connectivity index (χ1n) is 5.83. The minimum absolute atomic E-state index is 0.413. The average molecular weight is 396 g/mol. The summed E-state index contributed by atoms with van der Waals surface area (Å²) in [6.45, 7) is 1.11. The molecule has 0 aromatic heterocycles. The van der Waals surface area contributed by atoms with E-state index in [-0.39, 0.29) is 0 Å². The van der Waals surface area contributed by atoms with Gasteiger partial charge in [-0.05, 0) is 24.3 Å². The summed E-state index contributed by atoms with van der Waals surface area (Å²) in [7, 11) is 0. The molecule has 6 heteroatoms. The number of anilines is 1. The van der Waals surface area contributed by atoms with Gasteiger partial charge in [-0.25, -0.2) is 0 Å². The summed E-state index contributed by atoms with van der Waals surface area (Å²) in [6.07, 6.45) is 0. The molecule has 0 fully saturated rings. The highest BCUT2D eigenvalue weighted by atomic mass is 79.9. The van der Waals surface area contributed by atoms with Gasteiger partial charge in [0.2, 0.25) is 0 Å². The largest absolute Gasteiger partial charge is 0.490 e. The Kier molecular flexibility index (Phi) is 5.85. The van der Waals surface area contributed by atoms with E-state index in [9.17, 15) is 0 Å². The lowest BCUT2D eigenvalue weighted by Crippen LogP contribution is -2.11.